The van der Waals surface area contributed by atoms with Gasteiger partial charge < -0.3 is 4.74 Å². The lowest BCUT2D eigenvalue weighted by Crippen LogP contribution is -2.04. The van der Waals surface area contributed by atoms with Crippen LogP contribution in [0.2, 0.25) is 0 Å². The van der Waals surface area contributed by atoms with Crippen LogP contribution in [-0.2, 0) is 10.9 Å². The number of esters is 1. The number of rotatable bonds is 2. The average molecular weight is 353 g/mol. The molecule has 0 aliphatic rings. The SMILES string of the molecule is CCOC(=O)c1cc2c(Br)ccc(C(F)(F)F)c2s1. The van der Waals surface area contributed by atoms with Crippen molar-refractivity contribution in [2.45, 2.75) is 13.1 Å². The van der Waals surface area contributed by atoms with Crippen LogP contribution in [0.5, 0.6) is 0 Å². The molecule has 1 heterocycles. The first-order valence-corrected chi connectivity index (χ1v) is 6.92. The smallest absolute Gasteiger partial charge is 0.417 e. The first-order chi connectivity index (χ1) is 8.84. The van der Waals surface area contributed by atoms with Crippen LogP contribution in [0.3, 0.4) is 0 Å². The van der Waals surface area contributed by atoms with Gasteiger partial charge in [-0.3, -0.25) is 0 Å². The Balaban J connectivity index is 2.63. The van der Waals surface area contributed by atoms with Gasteiger partial charge in [-0.15, -0.1) is 11.3 Å². The van der Waals surface area contributed by atoms with E-state index in [2.05, 4.69) is 15.9 Å². The number of halogens is 4. The molecule has 0 saturated heterocycles. The van der Waals surface area contributed by atoms with Gasteiger partial charge in [0, 0.05) is 14.6 Å². The van der Waals surface area contributed by atoms with E-state index in [1.807, 2.05) is 0 Å². The van der Waals surface area contributed by atoms with Crippen LogP contribution in [0.4, 0.5) is 13.2 Å². The van der Waals surface area contributed by atoms with Crippen LogP contribution in [0.1, 0.15) is 22.2 Å². The summed E-state index contributed by atoms with van der Waals surface area (Å²) in [6.45, 7) is 1.82. The topological polar surface area (TPSA) is 26.3 Å². The molecule has 0 amide bonds. The van der Waals surface area contributed by atoms with Gasteiger partial charge in [-0.25, -0.2) is 4.79 Å². The summed E-state index contributed by atoms with van der Waals surface area (Å²) < 4.78 is 44.0. The lowest BCUT2D eigenvalue weighted by molar-refractivity contribution is -0.136. The van der Waals surface area contributed by atoms with Gasteiger partial charge in [-0.1, -0.05) is 15.9 Å². The molecular weight excluding hydrogens is 345 g/mol. The normalized spacial score (nSPS) is 11.8. The molecule has 19 heavy (non-hydrogen) atoms. The van der Waals surface area contributed by atoms with E-state index in [9.17, 15) is 18.0 Å². The van der Waals surface area contributed by atoms with Crippen molar-refractivity contribution >= 4 is 43.3 Å². The molecule has 1 aromatic carbocycles. The fourth-order valence-corrected chi connectivity index (χ4v) is 3.30. The van der Waals surface area contributed by atoms with E-state index in [0.717, 1.165) is 17.4 Å². The van der Waals surface area contributed by atoms with Crippen molar-refractivity contribution < 1.29 is 22.7 Å². The Morgan fingerprint density at radius 1 is 1.42 bits per heavy atom. The lowest BCUT2D eigenvalue weighted by atomic mass is 10.1. The Hall–Kier alpha value is -1.08. The van der Waals surface area contributed by atoms with E-state index in [1.165, 1.54) is 12.1 Å². The van der Waals surface area contributed by atoms with E-state index in [-0.39, 0.29) is 16.2 Å². The summed E-state index contributed by atoms with van der Waals surface area (Å²) >= 11 is 3.97. The highest BCUT2D eigenvalue weighted by Crippen LogP contribution is 2.41. The lowest BCUT2D eigenvalue weighted by Gasteiger charge is -2.07. The van der Waals surface area contributed by atoms with E-state index in [1.54, 1.807) is 6.92 Å². The summed E-state index contributed by atoms with van der Waals surface area (Å²) in [5.41, 5.74) is -0.744. The summed E-state index contributed by atoms with van der Waals surface area (Å²) in [7, 11) is 0. The molecule has 0 saturated carbocycles. The van der Waals surface area contributed by atoms with Crippen molar-refractivity contribution in [2.75, 3.05) is 6.61 Å². The number of benzene rings is 1. The molecule has 0 unspecified atom stereocenters. The zero-order valence-electron chi connectivity index (χ0n) is 9.68. The number of hydrogen-bond donors (Lipinski definition) is 0. The van der Waals surface area contributed by atoms with Gasteiger partial charge in [-0.05, 0) is 25.1 Å². The molecule has 2 aromatic rings. The molecule has 0 atom stereocenters. The number of hydrogen-bond acceptors (Lipinski definition) is 3. The second-order valence-electron chi connectivity index (χ2n) is 3.67. The maximum Gasteiger partial charge on any atom is 0.417 e. The van der Waals surface area contributed by atoms with Gasteiger partial charge in [0.1, 0.15) is 4.88 Å². The highest BCUT2D eigenvalue weighted by atomic mass is 79.9. The third-order valence-electron chi connectivity index (χ3n) is 2.41. The first-order valence-electron chi connectivity index (χ1n) is 5.31. The molecule has 0 fully saturated rings. The summed E-state index contributed by atoms with van der Waals surface area (Å²) in [5.74, 6) is -0.608. The minimum atomic E-state index is -4.45. The number of fused-ring (bicyclic) bond motifs is 1. The van der Waals surface area contributed by atoms with E-state index in [0.29, 0.717) is 9.86 Å². The van der Waals surface area contributed by atoms with Crippen LogP contribution in [0.25, 0.3) is 10.1 Å². The zero-order valence-corrected chi connectivity index (χ0v) is 12.1. The molecule has 1 aromatic heterocycles. The molecule has 2 nitrogen and oxygen atoms in total. The first kappa shape index (κ1) is 14.3. The Morgan fingerprint density at radius 2 is 2.11 bits per heavy atom. The predicted octanol–water partition coefficient (Wildman–Crippen LogP) is 4.86. The summed E-state index contributed by atoms with van der Waals surface area (Å²) in [6, 6.07) is 3.74. The van der Waals surface area contributed by atoms with Crippen molar-refractivity contribution in [3.8, 4) is 0 Å². The third kappa shape index (κ3) is 2.76. The predicted molar refractivity (Wildman–Crippen MR) is 70.5 cm³/mol. The molecule has 7 heteroatoms. The van der Waals surface area contributed by atoms with E-state index >= 15 is 0 Å². The standard InChI is InChI=1S/C12H8BrF3O2S/c1-2-18-11(17)9-5-6-8(13)4-3-7(10(6)19-9)12(14,15)16/h3-5H,2H2,1H3. The van der Waals surface area contributed by atoms with Gasteiger partial charge in [0.25, 0.3) is 0 Å². The molecule has 102 valence electrons. The van der Waals surface area contributed by atoms with Crippen LogP contribution in [0.15, 0.2) is 22.7 Å². The number of thiophene rings is 1. The quantitative estimate of drug-likeness (QED) is 0.721. The summed E-state index contributed by atoms with van der Waals surface area (Å²) in [5, 5.41) is 0.364. The fraction of sp³-hybridized carbons (Fsp3) is 0.250. The Bertz CT molecular complexity index is 634. The number of alkyl halides is 3. The highest BCUT2D eigenvalue weighted by Gasteiger charge is 2.34. The van der Waals surface area contributed by atoms with Crippen molar-refractivity contribution in [1.29, 1.82) is 0 Å². The average Bonchev–Trinajstić information content (AvgIpc) is 2.73. The summed E-state index contributed by atoms with van der Waals surface area (Å²) in [4.78, 5) is 11.7. The molecule has 0 aliphatic heterocycles. The Morgan fingerprint density at radius 3 is 2.68 bits per heavy atom. The van der Waals surface area contributed by atoms with Gasteiger partial charge >= 0.3 is 12.1 Å². The number of carbonyl (C=O) groups excluding carboxylic acids is 1. The highest BCUT2D eigenvalue weighted by molar-refractivity contribution is 9.10. The van der Waals surface area contributed by atoms with Crippen molar-refractivity contribution in [3.63, 3.8) is 0 Å². The largest absolute Gasteiger partial charge is 0.462 e. The molecule has 0 bridgehead atoms. The number of carbonyl (C=O) groups is 1. The van der Waals surface area contributed by atoms with Crippen LogP contribution in [0, 0.1) is 0 Å². The molecule has 2 rings (SSSR count). The molecule has 0 radical (unpaired) electrons. The Kier molecular flexibility index (Phi) is 3.87. The Labute approximate surface area is 119 Å². The second kappa shape index (κ2) is 5.13. The monoisotopic (exact) mass is 352 g/mol. The van der Waals surface area contributed by atoms with Gasteiger partial charge in [0.05, 0.1) is 12.2 Å². The van der Waals surface area contributed by atoms with Crippen LogP contribution >= 0.6 is 27.3 Å². The van der Waals surface area contributed by atoms with Crippen molar-refractivity contribution in [3.05, 3.63) is 33.1 Å². The van der Waals surface area contributed by atoms with Crippen molar-refractivity contribution in [2.24, 2.45) is 0 Å². The maximum absolute atomic E-state index is 12.9. The van der Waals surface area contributed by atoms with Gasteiger partial charge in [0.15, 0.2) is 0 Å². The zero-order chi connectivity index (χ0) is 14.2. The van der Waals surface area contributed by atoms with Crippen LogP contribution < -0.4 is 0 Å². The second-order valence-corrected chi connectivity index (χ2v) is 5.57. The molecule has 0 spiro atoms. The van der Waals surface area contributed by atoms with Gasteiger partial charge in [0.2, 0.25) is 0 Å². The van der Waals surface area contributed by atoms with Crippen LogP contribution in [-0.4, -0.2) is 12.6 Å². The molecule has 0 N–H and O–H groups in total. The van der Waals surface area contributed by atoms with E-state index in [4.69, 9.17) is 4.74 Å². The fourth-order valence-electron chi connectivity index (χ4n) is 1.62. The minimum absolute atomic E-state index is 0.0323. The molecular formula is C12H8BrF3O2S. The maximum atomic E-state index is 12.9. The van der Waals surface area contributed by atoms with E-state index < -0.39 is 17.7 Å². The number of ether oxygens (including phenoxy) is 1. The third-order valence-corrected chi connectivity index (χ3v) is 4.25. The minimum Gasteiger partial charge on any atom is -0.462 e. The van der Waals surface area contributed by atoms with Crippen molar-refractivity contribution in [1.82, 2.24) is 0 Å². The van der Waals surface area contributed by atoms with Gasteiger partial charge in [-0.2, -0.15) is 13.2 Å². The summed E-state index contributed by atoms with van der Waals surface area (Å²) in [6.07, 6.45) is -4.45. The molecule has 0 aliphatic carbocycles.